The van der Waals surface area contributed by atoms with Crippen LogP contribution in [0.25, 0.3) is 10.2 Å². The first-order valence-corrected chi connectivity index (χ1v) is 11.8. The molecule has 0 radical (unpaired) electrons. The molecule has 28 heavy (non-hydrogen) atoms. The number of aromatic nitrogens is 1. The fourth-order valence-electron chi connectivity index (χ4n) is 6.24. The van der Waals surface area contributed by atoms with Crippen molar-refractivity contribution in [2.45, 2.75) is 37.8 Å². The van der Waals surface area contributed by atoms with Gasteiger partial charge in [0.15, 0.2) is 0 Å². The molecule has 2 atom stereocenters. The van der Waals surface area contributed by atoms with Crippen molar-refractivity contribution in [3.8, 4) is 0 Å². The number of hydrogen-bond donors (Lipinski definition) is 0. The van der Waals surface area contributed by atoms with Crippen LogP contribution >= 0.6 is 11.3 Å². The molecule has 6 saturated heterocycles. The number of hydrogen-bond acceptors (Lipinski definition) is 5. The van der Waals surface area contributed by atoms with Crippen LogP contribution in [0.4, 0.5) is 0 Å². The maximum Gasteiger partial charge on any atom is 0.255 e. The van der Waals surface area contributed by atoms with Crippen LogP contribution in [0.3, 0.4) is 0 Å². The third kappa shape index (κ3) is 2.72. The Kier molecular flexibility index (Phi) is 4.21. The first-order valence-electron chi connectivity index (χ1n) is 10.9. The van der Waals surface area contributed by atoms with Crippen molar-refractivity contribution in [2.75, 3.05) is 39.3 Å². The molecular weight excluding hydrogens is 368 g/mol. The smallest absolute Gasteiger partial charge is 0.255 e. The molecule has 0 spiro atoms. The lowest BCUT2D eigenvalue weighted by molar-refractivity contribution is -0.0497. The quantitative estimate of drug-likeness (QED) is 0.800. The summed E-state index contributed by atoms with van der Waals surface area (Å²) in [5.74, 6) is 1.60. The van der Waals surface area contributed by atoms with Gasteiger partial charge in [-0.1, -0.05) is 6.07 Å². The van der Waals surface area contributed by atoms with E-state index < -0.39 is 0 Å². The predicted octanol–water partition coefficient (Wildman–Crippen LogP) is 2.93. The summed E-state index contributed by atoms with van der Waals surface area (Å²) in [6.07, 6.45) is 5.00. The van der Waals surface area contributed by atoms with Gasteiger partial charge in [0.2, 0.25) is 0 Å². The number of thiazole rings is 1. The lowest BCUT2D eigenvalue weighted by atomic mass is 9.78. The van der Waals surface area contributed by atoms with Crippen molar-refractivity contribution in [2.24, 2.45) is 11.8 Å². The number of nitrogens with zero attached hydrogens (tertiary/aromatic N) is 4. The molecule has 6 heteroatoms. The zero-order valence-electron chi connectivity index (χ0n) is 16.3. The highest BCUT2D eigenvalue weighted by atomic mass is 32.1. The minimum Gasteiger partial charge on any atom is -0.329 e. The minimum absolute atomic E-state index is 0.257. The van der Waals surface area contributed by atoms with Gasteiger partial charge in [-0.05, 0) is 75.8 Å². The molecule has 6 aliphatic heterocycles. The van der Waals surface area contributed by atoms with Crippen molar-refractivity contribution < 1.29 is 4.79 Å². The fourth-order valence-corrected chi connectivity index (χ4v) is 7.03. The second-order valence-corrected chi connectivity index (χ2v) is 9.98. The van der Waals surface area contributed by atoms with Crippen LogP contribution in [0.15, 0.2) is 23.7 Å². The first-order chi connectivity index (χ1) is 13.8. The molecule has 0 N–H and O–H groups in total. The van der Waals surface area contributed by atoms with Gasteiger partial charge >= 0.3 is 0 Å². The maximum absolute atomic E-state index is 14.1. The average molecular weight is 397 g/mol. The van der Waals surface area contributed by atoms with Gasteiger partial charge < -0.3 is 14.7 Å². The third-order valence-electron chi connectivity index (χ3n) is 7.78. The molecule has 0 saturated carbocycles. The second kappa shape index (κ2) is 6.78. The lowest BCUT2D eigenvalue weighted by Gasteiger charge is -2.55. The number of rotatable bonds is 3. The molecule has 6 fully saturated rings. The van der Waals surface area contributed by atoms with E-state index in [1.165, 1.54) is 51.9 Å². The molecule has 2 aromatic rings. The molecule has 4 bridgehead atoms. The van der Waals surface area contributed by atoms with E-state index in [4.69, 9.17) is 0 Å². The monoisotopic (exact) mass is 396 g/mol. The Hall–Kier alpha value is -1.50. The van der Waals surface area contributed by atoms with Crippen LogP contribution in [0.1, 0.15) is 36.0 Å². The molecule has 8 rings (SSSR count). The summed E-state index contributed by atoms with van der Waals surface area (Å²) in [7, 11) is 0. The number of fused-ring (bicyclic) bond motifs is 7. The second-order valence-electron chi connectivity index (χ2n) is 9.13. The molecule has 6 aliphatic rings. The summed E-state index contributed by atoms with van der Waals surface area (Å²) in [5, 5.41) is 0. The van der Waals surface area contributed by atoms with E-state index in [0.717, 1.165) is 28.9 Å². The summed E-state index contributed by atoms with van der Waals surface area (Å²) >= 11 is 1.60. The normalized spacial score (nSPS) is 36.7. The van der Waals surface area contributed by atoms with Gasteiger partial charge in [0.05, 0.1) is 21.3 Å². The Labute approximate surface area is 170 Å². The van der Waals surface area contributed by atoms with Crippen molar-refractivity contribution in [1.82, 2.24) is 19.7 Å². The van der Waals surface area contributed by atoms with E-state index in [1.807, 2.05) is 23.7 Å². The van der Waals surface area contributed by atoms with E-state index in [1.54, 1.807) is 11.3 Å². The van der Waals surface area contributed by atoms with Gasteiger partial charge in [-0.2, -0.15) is 0 Å². The van der Waals surface area contributed by atoms with Crippen molar-refractivity contribution in [3.05, 3.63) is 29.3 Å². The molecule has 0 aliphatic carbocycles. The van der Waals surface area contributed by atoms with Crippen molar-refractivity contribution >= 4 is 27.5 Å². The van der Waals surface area contributed by atoms with Crippen LogP contribution in [-0.2, 0) is 0 Å². The summed E-state index contributed by atoms with van der Waals surface area (Å²) in [6, 6.07) is 6.81. The van der Waals surface area contributed by atoms with Gasteiger partial charge in [-0.25, -0.2) is 4.98 Å². The Morgan fingerprint density at radius 2 is 1.57 bits per heavy atom. The zero-order chi connectivity index (χ0) is 18.7. The first kappa shape index (κ1) is 17.4. The number of piperidine rings is 6. The largest absolute Gasteiger partial charge is 0.329 e. The molecule has 1 aromatic heterocycles. The highest BCUT2D eigenvalue weighted by molar-refractivity contribution is 7.17. The molecule has 5 nitrogen and oxygen atoms in total. The number of carbonyl (C=O) groups is 1. The van der Waals surface area contributed by atoms with Crippen LogP contribution in [0.5, 0.6) is 0 Å². The predicted molar refractivity (Wildman–Crippen MR) is 112 cm³/mol. The summed E-state index contributed by atoms with van der Waals surface area (Å²) in [5.41, 5.74) is 3.69. The van der Waals surface area contributed by atoms with Crippen molar-refractivity contribution in [1.29, 1.82) is 0 Å². The molecular formula is C22H28N4OS. The maximum atomic E-state index is 14.1. The van der Waals surface area contributed by atoms with Gasteiger partial charge in [0.25, 0.3) is 5.91 Å². The van der Waals surface area contributed by atoms with E-state index in [2.05, 4.69) is 19.7 Å². The van der Waals surface area contributed by atoms with Gasteiger partial charge in [0, 0.05) is 25.2 Å². The van der Waals surface area contributed by atoms with E-state index in [-0.39, 0.29) is 5.91 Å². The third-order valence-corrected chi connectivity index (χ3v) is 8.65. The number of benzene rings is 1. The van der Waals surface area contributed by atoms with E-state index in [9.17, 15) is 4.79 Å². The molecule has 1 aromatic carbocycles. The summed E-state index contributed by atoms with van der Waals surface area (Å²) < 4.78 is 1.06. The SMILES string of the molecule is O=C(c1cccc2ncsc12)N(C1CN2CCC1CC2)[C@@H]1CN2CCC1CC2. The van der Waals surface area contributed by atoms with Gasteiger partial charge in [0.1, 0.15) is 0 Å². The van der Waals surface area contributed by atoms with Crippen LogP contribution < -0.4 is 0 Å². The van der Waals surface area contributed by atoms with Gasteiger partial charge in [-0.15, -0.1) is 11.3 Å². The summed E-state index contributed by atoms with van der Waals surface area (Å²) in [4.78, 5) is 26.1. The number of carbonyl (C=O) groups excluding carboxylic acids is 1. The Bertz CT molecular complexity index is 852. The number of amides is 1. The molecule has 1 unspecified atom stereocenters. The topological polar surface area (TPSA) is 39.7 Å². The highest BCUT2D eigenvalue weighted by Gasteiger charge is 2.47. The van der Waals surface area contributed by atoms with Crippen molar-refractivity contribution in [3.63, 3.8) is 0 Å². The van der Waals surface area contributed by atoms with Crippen LogP contribution in [0.2, 0.25) is 0 Å². The average Bonchev–Trinajstić information content (AvgIpc) is 3.25. The summed E-state index contributed by atoms with van der Waals surface area (Å²) in [6.45, 7) is 7.00. The minimum atomic E-state index is 0.257. The Morgan fingerprint density at radius 3 is 2.11 bits per heavy atom. The fraction of sp³-hybridized carbons (Fsp3) is 0.636. The van der Waals surface area contributed by atoms with E-state index in [0.29, 0.717) is 23.9 Å². The van der Waals surface area contributed by atoms with Crippen LogP contribution in [0, 0.1) is 11.8 Å². The molecule has 1 amide bonds. The molecule has 148 valence electrons. The molecule has 7 heterocycles. The van der Waals surface area contributed by atoms with E-state index >= 15 is 0 Å². The zero-order valence-corrected chi connectivity index (χ0v) is 17.1. The Morgan fingerprint density at radius 1 is 0.964 bits per heavy atom. The lowest BCUT2D eigenvalue weighted by Crippen LogP contribution is -2.66. The standard InChI is InChI=1S/C22H28N4OS/c27-22(17-2-1-3-18-21(17)28-14-23-18)26(19-12-24-8-4-15(19)5-9-24)20-13-25-10-6-16(20)7-11-25/h1-3,14-16,19-20H,4-13H2/t19-,20?/m1/s1. The Balaban J connectivity index is 1.41. The van der Waals surface area contributed by atoms with Gasteiger partial charge in [-0.3, -0.25) is 4.79 Å². The van der Waals surface area contributed by atoms with Crippen LogP contribution in [-0.4, -0.2) is 76.9 Å². The highest BCUT2D eigenvalue weighted by Crippen LogP contribution is 2.39.